The van der Waals surface area contributed by atoms with Crippen molar-refractivity contribution < 1.29 is 14.3 Å². The highest BCUT2D eigenvalue weighted by Gasteiger charge is 2.55. The number of ether oxygens (including phenoxy) is 1. The van der Waals surface area contributed by atoms with Gasteiger partial charge in [-0.25, -0.2) is 4.79 Å². The summed E-state index contributed by atoms with van der Waals surface area (Å²) in [5.74, 6) is 1.21. The molecule has 2 heterocycles. The number of amides is 1. The topological polar surface area (TPSA) is 49.9 Å². The van der Waals surface area contributed by atoms with Gasteiger partial charge in [0.05, 0.1) is 7.11 Å². The molecule has 98 valence electrons. The van der Waals surface area contributed by atoms with Crippen LogP contribution in [0.4, 0.5) is 0 Å². The summed E-state index contributed by atoms with van der Waals surface area (Å²) in [7, 11) is 8.33. The first-order chi connectivity index (χ1) is 8.52. The standard InChI is InChI=1S/C11H15N2O3PS/c1-12(2)8-9(14)13-7(11(15)16-3)6(4-17)5-18-10(8)13/h4-5,7-8,10,17H,1-3H3. The summed E-state index contributed by atoms with van der Waals surface area (Å²) in [6.07, 6.45) is 0. The Bertz CT molecular complexity index is 438. The van der Waals surface area contributed by atoms with Crippen molar-refractivity contribution in [2.45, 2.75) is 17.5 Å². The number of hydrogen-bond acceptors (Lipinski definition) is 5. The lowest BCUT2D eigenvalue weighted by Crippen LogP contribution is -2.72. The summed E-state index contributed by atoms with van der Waals surface area (Å²) in [6.45, 7) is 0. The van der Waals surface area contributed by atoms with E-state index in [4.69, 9.17) is 4.74 Å². The van der Waals surface area contributed by atoms with E-state index in [2.05, 4.69) is 8.86 Å². The van der Waals surface area contributed by atoms with Crippen LogP contribution in [-0.2, 0) is 14.3 Å². The Morgan fingerprint density at radius 2 is 2.28 bits per heavy atom. The third-order valence-electron chi connectivity index (χ3n) is 3.14. The highest BCUT2D eigenvalue weighted by atomic mass is 32.2. The van der Waals surface area contributed by atoms with E-state index in [1.165, 1.54) is 7.11 Å². The fourth-order valence-corrected chi connectivity index (χ4v) is 3.93. The van der Waals surface area contributed by atoms with Crippen LogP contribution >= 0.6 is 20.6 Å². The lowest BCUT2D eigenvalue weighted by Gasteiger charge is -2.53. The quantitative estimate of drug-likeness (QED) is 0.421. The van der Waals surface area contributed by atoms with Gasteiger partial charge in [0.25, 0.3) is 0 Å². The molecule has 0 N–H and O–H groups in total. The molecule has 2 aliphatic rings. The number of likely N-dealkylation sites (N-methyl/N-ethyl adjacent to an activating group) is 1. The largest absolute Gasteiger partial charge is 0.467 e. The highest BCUT2D eigenvalue weighted by molar-refractivity contribution is 8.03. The van der Waals surface area contributed by atoms with Gasteiger partial charge in [-0.2, -0.15) is 0 Å². The monoisotopic (exact) mass is 286 g/mol. The zero-order valence-electron chi connectivity index (χ0n) is 10.4. The Morgan fingerprint density at radius 1 is 1.61 bits per heavy atom. The van der Waals surface area contributed by atoms with Gasteiger partial charge < -0.3 is 9.64 Å². The SMILES string of the molecule is COC(=O)C1C(C=P)=CSC2C(N(C)C)C(=O)N12. The number of esters is 1. The fraction of sp³-hybridized carbons (Fsp3) is 0.545. The summed E-state index contributed by atoms with van der Waals surface area (Å²) in [4.78, 5) is 27.4. The lowest BCUT2D eigenvalue weighted by atomic mass is 9.98. The van der Waals surface area contributed by atoms with Crippen molar-refractivity contribution in [1.29, 1.82) is 0 Å². The van der Waals surface area contributed by atoms with Crippen molar-refractivity contribution in [2.75, 3.05) is 21.2 Å². The number of rotatable bonds is 3. The average molecular weight is 286 g/mol. The van der Waals surface area contributed by atoms with Gasteiger partial charge in [0.2, 0.25) is 5.91 Å². The smallest absolute Gasteiger partial charge is 0.333 e. The second-order valence-corrected chi connectivity index (χ2v) is 5.65. The van der Waals surface area contributed by atoms with E-state index in [-0.39, 0.29) is 17.3 Å². The van der Waals surface area contributed by atoms with Crippen LogP contribution in [0.3, 0.4) is 0 Å². The van der Waals surface area contributed by atoms with E-state index < -0.39 is 12.0 Å². The summed E-state index contributed by atoms with van der Waals surface area (Å²) >= 11 is 1.55. The zero-order valence-corrected chi connectivity index (χ0v) is 12.2. The van der Waals surface area contributed by atoms with Gasteiger partial charge in [0.1, 0.15) is 11.4 Å². The maximum absolute atomic E-state index is 12.1. The number of hydrogen-bond donors (Lipinski definition) is 0. The molecule has 7 heteroatoms. The maximum atomic E-state index is 12.1. The minimum absolute atomic E-state index is 0.0213. The minimum Gasteiger partial charge on any atom is -0.467 e. The van der Waals surface area contributed by atoms with Crippen LogP contribution in [-0.4, -0.2) is 66.1 Å². The van der Waals surface area contributed by atoms with Gasteiger partial charge in [0, 0.05) is 0 Å². The molecule has 2 rings (SSSR count). The second kappa shape index (κ2) is 5.03. The Labute approximate surface area is 112 Å². The zero-order chi connectivity index (χ0) is 13.4. The number of carbonyl (C=O) groups is 2. The van der Waals surface area contributed by atoms with Crippen LogP contribution in [0, 0.1) is 0 Å². The van der Waals surface area contributed by atoms with Gasteiger partial charge in [-0.05, 0) is 30.9 Å². The van der Waals surface area contributed by atoms with Crippen molar-refractivity contribution in [2.24, 2.45) is 0 Å². The molecule has 0 aromatic heterocycles. The van der Waals surface area contributed by atoms with E-state index in [1.54, 1.807) is 22.5 Å². The van der Waals surface area contributed by atoms with E-state index >= 15 is 0 Å². The van der Waals surface area contributed by atoms with Gasteiger partial charge in [-0.15, -0.1) is 20.6 Å². The van der Waals surface area contributed by atoms with Crippen molar-refractivity contribution in [1.82, 2.24) is 9.80 Å². The maximum Gasteiger partial charge on any atom is 0.333 e. The predicted octanol–water partition coefficient (Wildman–Crippen LogP) is 0.202. The Balaban J connectivity index is 2.31. The Hall–Kier alpha value is -0.840. The predicted molar refractivity (Wildman–Crippen MR) is 74.0 cm³/mol. The summed E-state index contributed by atoms with van der Waals surface area (Å²) in [5.41, 5.74) is 0.741. The molecular formula is C11H15N2O3PS. The fourth-order valence-electron chi connectivity index (χ4n) is 2.21. The van der Waals surface area contributed by atoms with Gasteiger partial charge in [-0.3, -0.25) is 9.69 Å². The van der Waals surface area contributed by atoms with E-state index in [0.29, 0.717) is 0 Å². The molecule has 0 aromatic rings. The second-order valence-electron chi connectivity index (χ2n) is 4.37. The van der Waals surface area contributed by atoms with Crippen molar-refractivity contribution in [3.8, 4) is 0 Å². The number of methoxy groups -OCH3 is 1. The van der Waals surface area contributed by atoms with Crippen LogP contribution in [0.2, 0.25) is 0 Å². The molecule has 1 fully saturated rings. The molecule has 1 amide bonds. The van der Waals surface area contributed by atoms with Crippen LogP contribution < -0.4 is 0 Å². The molecular weight excluding hydrogens is 271 g/mol. The molecule has 0 spiro atoms. The molecule has 0 aromatic carbocycles. The molecule has 18 heavy (non-hydrogen) atoms. The molecule has 1 saturated heterocycles. The number of β-lactam (4-membered cyclic amide) rings is 1. The van der Waals surface area contributed by atoms with Crippen molar-refractivity contribution in [3.63, 3.8) is 0 Å². The number of carbonyl (C=O) groups excluding carboxylic acids is 2. The van der Waals surface area contributed by atoms with Crippen LogP contribution in [0.1, 0.15) is 0 Å². The molecule has 2 aliphatic heterocycles. The minimum atomic E-state index is -0.637. The molecule has 3 atom stereocenters. The van der Waals surface area contributed by atoms with Crippen LogP contribution in [0.25, 0.3) is 0 Å². The molecule has 0 radical (unpaired) electrons. The highest BCUT2D eigenvalue weighted by Crippen LogP contribution is 2.41. The molecule has 5 nitrogen and oxygen atoms in total. The number of thioether (sulfide) groups is 1. The third kappa shape index (κ3) is 1.88. The van der Waals surface area contributed by atoms with E-state index in [9.17, 15) is 9.59 Å². The number of fused-ring (bicyclic) bond motifs is 1. The first-order valence-electron chi connectivity index (χ1n) is 5.45. The summed E-state index contributed by atoms with van der Waals surface area (Å²) < 4.78 is 4.78. The van der Waals surface area contributed by atoms with Gasteiger partial charge in [-0.1, -0.05) is 0 Å². The van der Waals surface area contributed by atoms with Crippen molar-refractivity contribution >= 4 is 38.3 Å². The van der Waals surface area contributed by atoms with Crippen LogP contribution in [0.15, 0.2) is 11.0 Å². The molecule has 3 unspecified atom stereocenters. The number of nitrogens with zero attached hydrogens (tertiary/aromatic N) is 2. The first kappa shape index (κ1) is 13.6. The normalized spacial score (nSPS) is 30.4. The molecule has 0 saturated carbocycles. The van der Waals surface area contributed by atoms with E-state index in [1.807, 2.05) is 24.4 Å². The van der Waals surface area contributed by atoms with Gasteiger partial charge >= 0.3 is 5.97 Å². The first-order valence-corrected chi connectivity index (χ1v) is 6.97. The summed E-state index contributed by atoms with van der Waals surface area (Å²) in [5, 5.41) is 1.88. The third-order valence-corrected chi connectivity index (χ3v) is 4.64. The van der Waals surface area contributed by atoms with Crippen molar-refractivity contribution in [3.05, 3.63) is 11.0 Å². The Morgan fingerprint density at radius 3 is 2.78 bits per heavy atom. The lowest BCUT2D eigenvalue weighted by molar-refractivity contribution is -0.164. The average Bonchev–Trinajstić information content (AvgIpc) is 2.35. The van der Waals surface area contributed by atoms with Gasteiger partial charge in [0.15, 0.2) is 6.04 Å². The van der Waals surface area contributed by atoms with E-state index in [0.717, 1.165) is 5.57 Å². The summed E-state index contributed by atoms with van der Waals surface area (Å²) in [6, 6.07) is -0.808. The molecule has 0 bridgehead atoms. The van der Waals surface area contributed by atoms with Crippen LogP contribution in [0.5, 0.6) is 0 Å². The molecule has 0 aliphatic carbocycles. The Kier molecular flexibility index (Phi) is 3.80.